The molecule has 0 atom stereocenters. The van der Waals surface area contributed by atoms with Crippen molar-refractivity contribution in [2.24, 2.45) is 0 Å². The van der Waals surface area contributed by atoms with E-state index in [1.165, 1.54) is 11.1 Å². The summed E-state index contributed by atoms with van der Waals surface area (Å²) in [6.07, 6.45) is 5.19. The topological polar surface area (TPSA) is 42.4 Å². The van der Waals surface area contributed by atoms with Crippen molar-refractivity contribution in [1.82, 2.24) is 9.88 Å². The molecule has 1 amide bonds. The predicted molar refractivity (Wildman–Crippen MR) is 114 cm³/mol. The van der Waals surface area contributed by atoms with Gasteiger partial charge in [-0.3, -0.25) is 4.79 Å². The number of rotatable bonds is 5. The Morgan fingerprint density at radius 1 is 1.11 bits per heavy atom. The van der Waals surface area contributed by atoms with Crippen molar-refractivity contribution in [1.29, 1.82) is 0 Å². The molecular weight excluding hydrogens is 368 g/mol. The van der Waals surface area contributed by atoms with Gasteiger partial charge in [-0.15, -0.1) is 11.3 Å². The number of para-hydroxylation sites is 1. The normalized spacial score (nSPS) is 16.1. The van der Waals surface area contributed by atoms with E-state index in [4.69, 9.17) is 9.72 Å². The maximum absolute atomic E-state index is 13.7. The van der Waals surface area contributed by atoms with E-state index in [0.29, 0.717) is 6.54 Å². The van der Waals surface area contributed by atoms with Crippen molar-refractivity contribution < 1.29 is 9.53 Å². The molecule has 1 aliphatic carbocycles. The van der Waals surface area contributed by atoms with Crippen LogP contribution in [0.5, 0.6) is 5.75 Å². The number of carbonyl (C=O) groups excluding carboxylic acids is 1. The monoisotopic (exact) mass is 394 g/mol. The van der Waals surface area contributed by atoms with Crippen molar-refractivity contribution in [2.45, 2.75) is 44.1 Å². The third-order valence-electron chi connectivity index (χ3n) is 5.82. The van der Waals surface area contributed by atoms with Crippen LogP contribution >= 0.6 is 11.3 Å². The highest BCUT2D eigenvalue weighted by molar-refractivity contribution is 7.18. The Morgan fingerprint density at radius 2 is 1.82 bits per heavy atom. The molecule has 0 bridgehead atoms. The van der Waals surface area contributed by atoms with Gasteiger partial charge in [-0.05, 0) is 42.7 Å². The molecule has 0 spiro atoms. The number of nitrogens with zero attached hydrogens (tertiary/aromatic N) is 2. The van der Waals surface area contributed by atoms with Crippen molar-refractivity contribution in [3.05, 3.63) is 59.1 Å². The summed E-state index contributed by atoms with van der Waals surface area (Å²) >= 11 is 1.67. The zero-order chi connectivity index (χ0) is 19.6. The summed E-state index contributed by atoms with van der Waals surface area (Å²) < 4.78 is 6.47. The summed E-state index contributed by atoms with van der Waals surface area (Å²) in [6.45, 7) is 0.552. The molecule has 3 aromatic rings. The van der Waals surface area contributed by atoms with Crippen molar-refractivity contribution in [3.8, 4) is 5.75 Å². The third kappa shape index (κ3) is 3.51. The van der Waals surface area contributed by atoms with Gasteiger partial charge in [-0.25, -0.2) is 4.98 Å². The fraction of sp³-hybridized carbons (Fsp3) is 0.391. The lowest BCUT2D eigenvalue weighted by atomic mass is 9.68. The van der Waals surface area contributed by atoms with E-state index in [-0.39, 0.29) is 5.91 Å². The van der Waals surface area contributed by atoms with E-state index in [9.17, 15) is 4.79 Å². The van der Waals surface area contributed by atoms with Crippen LogP contribution in [0.15, 0.2) is 48.5 Å². The van der Waals surface area contributed by atoms with E-state index >= 15 is 0 Å². The van der Waals surface area contributed by atoms with E-state index in [0.717, 1.165) is 47.5 Å². The first-order valence-corrected chi connectivity index (χ1v) is 10.7. The van der Waals surface area contributed by atoms with Crippen LogP contribution in [0.1, 0.15) is 42.7 Å². The molecular formula is C23H26N2O2S. The quantitative estimate of drug-likeness (QED) is 0.600. The average Bonchev–Trinajstić information content (AvgIpc) is 3.16. The highest BCUT2D eigenvalue weighted by atomic mass is 32.1. The highest BCUT2D eigenvalue weighted by Crippen LogP contribution is 2.41. The number of carbonyl (C=O) groups is 1. The van der Waals surface area contributed by atoms with Gasteiger partial charge in [0.15, 0.2) is 0 Å². The second-order valence-corrected chi connectivity index (χ2v) is 8.72. The maximum Gasteiger partial charge on any atom is 0.233 e. The Morgan fingerprint density at radius 3 is 2.50 bits per heavy atom. The molecule has 5 heteroatoms. The van der Waals surface area contributed by atoms with Gasteiger partial charge in [-0.1, -0.05) is 43.5 Å². The Labute approximate surface area is 170 Å². The number of ether oxygens (including phenoxy) is 1. The van der Waals surface area contributed by atoms with Gasteiger partial charge in [0, 0.05) is 7.05 Å². The first-order valence-electron chi connectivity index (χ1n) is 9.87. The van der Waals surface area contributed by atoms with Crippen LogP contribution < -0.4 is 4.74 Å². The lowest BCUT2D eigenvalue weighted by Gasteiger charge is -2.39. The number of aromatic nitrogens is 1. The molecule has 1 aliphatic rings. The second kappa shape index (κ2) is 7.92. The molecule has 4 nitrogen and oxygen atoms in total. The fourth-order valence-corrected chi connectivity index (χ4v) is 5.34. The number of hydrogen-bond donors (Lipinski definition) is 0. The van der Waals surface area contributed by atoms with Crippen LogP contribution in [-0.4, -0.2) is 29.9 Å². The molecule has 1 saturated carbocycles. The van der Waals surface area contributed by atoms with Gasteiger partial charge in [0.25, 0.3) is 0 Å². The molecule has 0 radical (unpaired) electrons. The van der Waals surface area contributed by atoms with Gasteiger partial charge in [0.1, 0.15) is 10.8 Å². The van der Waals surface area contributed by atoms with E-state index in [2.05, 4.69) is 18.2 Å². The van der Waals surface area contributed by atoms with Gasteiger partial charge in [-0.2, -0.15) is 0 Å². The van der Waals surface area contributed by atoms with Gasteiger partial charge in [0.05, 0.1) is 29.3 Å². The number of amides is 1. The molecule has 2 aromatic carbocycles. The highest BCUT2D eigenvalue weighted by Gasteiger charge is 2.42. The number of fused-ring (bicyclic) bond motifs is 1. The molecule has 28 heavy (non-hydrogen) atoms. The number of benzene rings is 2. The molecule has 1 aromatic heterocycles. The summed E-state index contributed by atoms with van der Waals surface area (Å²) in [5, 5.41) is 0.984. The first kappa shape index (κ1) is 18.9. The van der Waals surface area contributed by atoms with Crippen LogP contribution in [0.3, 0.4) is 0 Å². The summed E-state index contributed by atoms with van der Waals surface area (Å²) in [5.74, 6) is 1.03. The lowest BCUT2D eigenvalue weighted by Crippen LogP contribution is -2.46. The summed E-state index contributed by atoms with van der Waals surface area (Å²) in [7, 11) is 3.58. The third-order valence-corrected chi connectivity index (χ3v) is 6.84. The Kier molecular flexibility index (Phi) is 5.36. The molecule has 0 unspecified atom stereocenters. The van der Waals surface area contributed by atoms with Crippen molar-refractivity contribution in [3.63, 3.8) is 0 Å². The minimum atomic E-state index is -0.435. The van der Waals surface area contributed by atoms with Crippen LogP contribution in [0.25, 0.3) is 10.2 Å². The predicted octanol–water partition coefficient (Wildman–Crippen LogP) is 5.17. The zero-order valence-electron chi connectivity index (χ0n) is 16.5. The molecule has 1 heterocycles. The van der Waals surface area contributed by atoms with Gasteiger partial charge >= 0.3 is 0 Å². The summed E-state index contributed by atoms with van der Waals surface area (Å²) in [4.78, 5) is 20.2. The molecule has 1 fully saturated rings. The summed E-state index contributed by atoms with van der Waals surface area (Å²) in [6, 6.07) is 16.2. The Balaban J connectivity index is 1.60. The minimum Gasteiger partial charge on any atom is -0.497 e. The minimum absolute atomic E-state index is 0.205. The molecule has 0 saturated heterocycles. The van der Waals surface area contributed by atoms with Crippen molar-refractivity contribution in [2.75, 3.05) is 14.2 Å². The molecule has 4 rings (SSSR count). The first-order chi connectivity index (χ1) is 13.6. The van der Waals surface area contributed by atoms with E-state index in [1.807, 2.05) is 42.3 Å². The van der Waals surface area contributed by atoms with Crippen LogP contribution in [0.4, 0.5) is 0 Å². The number of methoxy groups -OCH3 is 1. The molecule has 146 valence electrons. The summed E-state index contributed by atoms with van der Waals surface area (Å²) in [5.41, 5.74) is 1.68. The maximum atomic E-state index is 13.7. The van der Waals surface area contributed by atoms with Gasteiger partial charge in [0.2, 0.25) is 5.91 Å². The van der Waals surface area contributed by atoms with Crippen LogP contribution in [0, 0.1) is 0 Å². The number of likely N-dealkylation sites (N-methyl/N-ethyl adjacent to an activating group) is 1. The lowest BCUT2D eigenvalue weighted by molar-refractivity contribution is -0.138. The number of thiazole rings is 1. The van der Waals surface area contributed by atoms with Crippen LogP contribution in [-0.2, 0) is 16.8 Å². The smallest absolute Gasteiger partial charge is 0.233 e. The fourth-order valence-electron chi connectivity index (χ4n) is 4.32. The molecule has 0 N–H and O–H groups in total. The average molecular weight is 395 g/mol. The molecule has 0 aliphatic heterocycles. The SMILES string of the molecule is COc1ccc(C2(C(=O)N(C)Cc3nc4ccccc4s3)CCCCC2)cc1. The Bertz CT molecular complexity index is 925. The number of hydrogen-bond acceptors (Lipinski definition) is 4. The van der Waals surface area contributed by atoms with E-state index in [1.54, 1.807) is 18.4 Å². The zero-order valence-corrected chi connectivity index (χ0v) is 17.3. The Hall–Kier alpha value is -2.40. The van der Waals surface area contributed by atoms with Crippen LogP contribution in [0.2, 0.25) is 0 Å². The standard InChI is InChI=1S/C23H26N2O2S/c1-25(16-21-24-19-8-4-5-9-20(19)28-21)22(26)23(14-6-3-7-15-23)17-10-12-18(27-2)13-11-17/h4-5,8-13H,3,6-7,14-16H2,1-2H3. The van der Waals surface area contributed by atoms with Gasteiger partial charge < -0.3 is 9.64 Å². The van der Waals surface area contributed by atoms with E-state index < -0.39 is 5.41 Å². The van der Waals surface area contributed by atoms with Crippen molar-refractivity contribution >= 4 is 27.5 Å². The second-order valence-electron chi connectivity index (χ2n) is 7.61. The largest absolute Gasteiger partial charge is 0.497 e.